The average Bonchev–Trinajstić information content (AvgIpc) is 2.61. The van der Waals surface area contributed by atoms with Crippen LogP contribution in [0.4, 0.5) is 5.69 Å². The zero-order valence-corrected chi connectivity index (χ0v) is 16.6. The molecule has 2 rings (SSSR count). The van der Waals surface area contributed by atoms with Gasteiger partial charge in [0.25, 0.3) is 0 Å². The lowest BCUT2D eigenvalue weighted by Gasteiger charge is -2.36. The van der Waals surface area contributed by atoms with Crippen LogP contribution in [0, 0.1) is 17.2 Å². The molecular weight excluding hydrogens is 366 g/mol. The molecule has 0 radical (unpaired) electrons. The molecule has 0 saturated heterocycles. The molecule has 0 spiro atoms. The lowest BCUT2D eigenvalue weighted by molar-refractivity contribution is -0.115. The number of anilines is 1. The van der Waals surface area contributed by atoms with Gasteiger partial charge in [-0.05, 0) is 50.7 Å². The van der Waals surface area contributed by atoms with Gasteiger partial charge in [0, 0.05) is 12.6 Å². The Hall–Kier alpha value is -1.95. The second-order valence-corrected chi connectivity index (χ2v) is 9.08. The van der Waals surface area contributed by atoms with E-state index in [4.69, 9.17) is 5.26 Å². The van der Waals surface area contributed by atoms with Crippen LogP contribution >= 0.6 is 0 Å². The number of carbonyl (C=O) groups is 1. The number of hydrogen-bond donors (Lipinski definition) is 2. The molecule has 1 saturated carbocycles. The van der Waals surface area contributed by atoms with Gasteiger partial charge in [0.05, 0.1) is 17.9 Å². The lowest BCUT2D eigenvalue weighted by Crippen LogP contribution is -2.45. The van der Waals surface area contributed by atoms with Crippen molar-refractivity contribution in [1.82, 2.24) is 4.31 Å². The molecule has 1 aliphatic rings. The SMILES string of the molecule is CC(O)CN(C1CCC(C)CC1)S(=O)(=O)c1ccccc1NC(=O)CC#N. The van der Waals surface area contributed by atoms with Gasteiger partial charge in [0.15, 0.2) is 0 Å². The van der Waals surface area contributed by atoms with Crippen molar-refractivity contribution >= 4 is 21.6 Å². The van der Waals surface area contributed by atoms with Crippen LogP contribution in [0.5, 0.6) is 0 Å². The molecule has 2 N–H and O–H groups in total. The van der Waals surface area contributed by atoms with Gasteiger partial charge in [-0.15, -0.1) is 0 Å². The molecule has 0 aromatic heterocycles. The first-order chi connectivity index (χ1) is 12.8. The summed E-state index contributed by atoms with van der Waals surface area (Å²) >= 11 is 0. The van der Waals surface area contributed by atoms with E-state index >= 15 is 0 Å². The molecule has 1 aromatic rings. The fourth-order valence-electron chi connectivity index (χ4n) is 3.42. The number of aliphatic hydroxyl groups is 1. The van der Waals surface area contributed by atoms with Crippen LogP contribution in [-0.4, -0.2) is 42.4 Å². The van der Waals surface area contributed by atoms with Crippen molar-refractivity contribution in [2.24, 2.45) is 5.92 Å². The highest BCUT2D eigenvalue weighted by atomic mass is 32.2. The molecule has 0 aliphatic heterocycles. The molecule has 0 bridgehead atoms. The van der Waals surface area contributed by atoms with Crippen LogP contribution < -0.4 is 5.32 Å². The van der Waals surface area contributed by atoms with Crippen LogP contribution in [0.1, 0.15) is 46.0 Å². The fraction of sp³-hybridized carbons (Fsp3) is 0.579. The lowest BCUT2D eigenvalue weighted by atomic mass is 9.87. The minimum atomic E-state index is -3.93. The molecule has 1 atom stereocenters. The highest BCUT2D eigenvalue weighted by Crippen LogP contribution is 2.33. The summed E-state index contributed by atoms with van der Waals surface area (Å²) < 4.78 is 28.2. The highest BCUT2D eigenvalue weighted by molar-refractivity contribution is 7.89. The normalized spacial score (nSPS) is 21.4. The molecule has 1 unspecified atom stereocenters. The number of rotatable bonds is 7. The summed E-state index contributed by atoms with van der Waals surface area (Å²) in [6.07, 6.45) is 2.21. The Balaban J connectivity index is 2.38. The van der Waals surface area contributed by atoms with Crippen LogP contribution in [0.25, 0.3) is 0 Å². The van der Waals surface area contributed by atoms with E-state index < -0.39 is 22.0 Å². The maximum absolute atomic E-state index is 13.4. The van der Waals surface area contributed by atoms with Crippen molar-refractivity contribution in [1.29, 1.82) is 5.26 Å². The molecule has 1 aliphatic carbocycles. The summed E-state index contributed by atoms with van der Waals surface area (Å²) in [6, 6.07) is 7.74. The van der Waals surface area contributed by atoms with E-state index in [1.807, 2.05) is 0 Å². The maximum atomic E-state index is 13.4. The summed E-state index contributed by atoms with van der Waals surface area (Å²) in [7, 11) is -3.93. The number of benzene rings is 1. The minimum Gasteiger partial charge on any atom is -0.392 e. The minimum absolute atomic E-state index is 0.00184. The topological polar surface area (TPSA) is 110 Å². The zero-order valence-electron chi connectivity index (χ0n) is 15.8. The van der Waals surface area contributed by atoms with Crippen molar-refractivity contribution in [3.63, 3.8) is 0 Å². The van der Waals surface area contributed by atoms with Gasteiger partial charge in [-0.1, -0.05) is 19.1 Å². The Bertz CT molecular complexity index is 793. The first-order valence-corrected chi connectivity index (χ1v) is 10.7. The summed E-state index contributed by atoms with van der Waals surface area (Å²) in [5.41, 5.74) is 0.150. The number of nitriles is 1. The highest BCUT2D eigenvalue weighted by Gasteiger charge is 2.35. The third-order valence-electron chi connectivity index (χ3n) is 4.82. The molecular formula is C19H27N3O4S. The van der Waals surface area contributed by atoms with Gasteiger partial charge < -0.3 is 10.4 Å². The number of amides is 1. The Morgan fingerprint density at radius 2 is 1.96 bits per heavy atom. The Kier molecular flexibility index (Phi) is 7.36. The van der Waals surface area contributed by atoms with E-state index in [0.717, 1.165) is 25.7 Å². The Labute approximate surface area is 161 Å². The Morgan fingerprint density at radius 1 is 1.33 bits per heavy atom. The standard InChI is InChI=1S/C19H27N3O4S/c1-14-7-9-16(10-8-14)22(13-15(2)23)27(25,26)18-6-4-3-5-17(18)21-19(24)11-12-20/h3-6,14-16,23H,7-11,13H2,1-2H3,(H,21,24). The van der Waals surface area contributed by atoms with Crippen LogP contribution in [0.3, 0.4) is 0 Å². The summed E-state index contributed by atoms with van der Waals surface area (Å²) in [4.78, 5) is 11.8. The maximum Gasteiger partial charge on any atom is 0.245 e. The van der Waals surface area contributed by atoms with Gasteiger partial charge in [-0.3, -0.25) is 4.79 Å². The quantitative estimate of drug-likeness (QED) is 0.739. The number of nitrogens with zero attached hydrogens (tertiary/aromatic N) is 2. The summed E-state index contributed by atoms with van der Waals surface area (Å²) in [5, 5.41) is 21.1. The zero-order chi connectivity index (χ0) is 20.0. The number of para-hydroxylation sites is 1. The first kappa shape index (κ1) is 21.4. The smallest absolute Gasteiger partial charge is 0.245 e. The van der Waals surface area contributed by atoms with E-state index in [1.54, 1.807) is 25.1 Å². The summed E-state index contributed by atoms with van der Waals surface area (Å²) in [5.74, 6) is 0.00336. The second kappa shape index (κ2) is 9.31. The Morgan fingerprint density at radius 3 is 2.56 bits per heavy atom. The van der Waals surface area contributed by atoms with Gasteiger partial charge in [-0.2, -0.15) is 9.57 Å². The third-order valence-corrected chi connectivity index (χ3v) is 6.80. The fourth-order valence-corrected chi connectivity index (χ4v) is 5.34. The predicted octanol–water partition coefficient (Wildman–Crippen LogP) is 2.49. The predicted molar refractivity (Wildman–Crippen MR) is 102 cm³/mol. The van der Waals surface area contributed by atoms with Crippen molar-refractivity contribution < 1.29 is 18.3 Å². The van der Waals surface area contributed by atoms with Crippen molar-refractivity contribution in [3.8, 4) is 6.07 Å². The number of nitrogens with one attached hydrogen (secondary N) is 1. The van der Waals surface area contributed by atoms with E-state index in [9.17, 15) is 18.3 Å². The van der Waals surface area contributed by atoms with Gasteiger partial charge >= 0.3 is 0 Å². The van der Waals surface area contributed by atoms with Crippen LogP contribution in [-0.2, 0) is 14.8 Å². The third kappa shape index (κ3) is 5.51. The second-order valence-electron chi connectivity index (χ2n) is 7.22. The van der Waals surface area contributed by atoms with Crippen molar-refractivity contribution in [2.45, 2.75) is 63.0 Å². The molecule has 8 heteroatoms. The number of sulfonamides is 1. The van der Waals surface area contributed by atoms with Crippen LogP contribution in [0.15, 0.2) is 29.2 Å². The molecule has 1 amide bonds. The van der Waals surface area contributed by atoms with Gasteiger partial charge in [0.1, 0.15) is 11.3 Å². The number of aliphatic hydroxyl groups excluding tert-OH is 1. The van der Waals surface area contributed by atoms with E-state index in [-0.39, 0.29) is 29.6 Å². The summed E-state index contributed by atoms with van der Waals surface area (Å²) in [6.45, 7) is 3.72. The molecule has 1 aromatic carbocycles. The van der Waals surface area contributed by atoms with Gasteiger partial charge in [-0.25, -0.2) is 8.42 Å². The first-order valence-electron chi connectivity index (χ1n) is 9.21. The monoisotopic (exact) mass is 393 g/mol. The molecule has 148 valence electrons. The number of carbonyl (C=O) groups excluding carboxylic acids is 1. The van der Waals surface area contributed by atoms with E-state index in [1.165, 1.54) is 16.4 Å². The molecule has 27 heavy (non-hydrogen) atoms. The van der Waals surface area contributed by atoms with Crippen LogP contribution in [0.2, 0.25) is 0 Å². The molecule has 0 heterocycles. The number of hydrogen-bond acceptors (Lipinski definition) is 5. The van der Waals surface area contributed by atoms with E-state index in [0.29, 0.717) is 5.92 Å². The average molecular weight is 394 g/mol. The van der Waals surface area contributed by atoms with E-state index in [2.05, 4.69) is 12.2 Å². The largest absolute Gasteiger partial charge is 0.392 e. The van der Waals surface area contributed by atoms with Crippen molar-refractivity contribution in [2.75, 3.05) is 11.9 Å². The molecule has 1 fully saturated rings. The molecule has 7 nitrogen and oxygen atoms in total. The van der Waals surface area contributed by atoms with Crippen molar-refractivity contribution in [3.05, 3.63) is 24.3 Å². The van der Waals surface area contributed by atoms with Gasteiger partial charge in [0.2, 0.25) is 15.9 Å².